The third-order valence-corrected chi connectivity index (χ3v) is 6.06. The first kappa shape index (κ1) is 21.4. The van der Waals surface area contributed by atoms with Gasteiger partial charge in [0.2, 0.25) is 10.0 Å². The lowest BCUT2D eigenvalue weighted by Gasteiger charge is -2.37. The summed E-state index contributed by atoms with van der Waals surface area (Å²) in [5.41, 5.74) is 0.728. The summed E-state index contributed by atoms with van der Waals surface area (Å²) in [4.78, 5) is 0.386. The molecule has 1 aromatic carbocycles. The van der Waals surface area contributed by atoms with Gasteiger partial charge in [-0.15, -0.1) is 12.4 Å². The molecule has 0 bridgehead atoms. The van der Waals surface area contributed by atoms with Crippen molar-refractivity contribution in [1.82, 2.24) is 10.0 Å². The van der Waals surface area contributed by atoms with Crippen LogP contribution in [0.25, 0.3) is 0 Å². The number of nitrogens with one attached hydrogen (secondary N) is 2. The van der Waals surface area contributed by atoms with Gasteiger partial charge in [-0.25, -0.2) is 13.1 Å². The van der Waals surface area contributed by atoms with Gasteiger partial charge in [-0.3, -0.25) is 0 Å². The molecule has 1 fully saturated rings. The van der Waals surface area contributed by atoms with Gasteiger partial charge in [-0.2, -0.15) is 0 Å². The van der Waals surface area contributed by atoms with Crippen molar-refractivity contribution in [2.75, 3.05) is 33.4 Å². The zero-order valence-corrected chi connectivity index (χ0v) is 16.3. The first-order valence-electron chi connectivity index (χ1n) is 8.18. The highest BCUT2D eigenvalue weighted by Gasteiger charge is 2.34. The molecule has 1 aromatic rings. The fourth-order valence-corrected chi connectivity index (χ4v) is 4.69. The highest BCUT2D eigenvalue weighted by molar-refractivity contribution is 7.89. The minimum Gasteiger partial charge on any atom is -0.384 e. The fourth-order valence-electron chi connectivity index (χ4n) is 3.16. The standard InChI is InChI=1S/C17H28N2O3S.ClH/c1-14(2)15-6-4-5-7-16(15)23(20,21)19-12-17(13-22-3)8-10-18-11-9-17;/h4-7,14,18-19H,8-13H2,1-3H3;1H. The maximum Gasteiger partial charge on any atom is 0.240 e. The minimum atomic E-state index is -3.52. The maximum atomic E-state index is 12.8. The second-order valence-corrected chi connectivity index (χ2v) is 8.44. The molecule has 0 saturated carbocycles. The van der Waals surface area contributed by atoms with E-state index in [0.717, 1.165) is 31.5 Å². The van der Waals surface area contributed by atoms with Crippen LogP contribution in [0.2, 0.25) is 0 Å². The van der Waals surface area contributed by atoms with Gasteiger partial charge in [0.25, 0.3) is 0 Å². The van der Waals surface area contributed by atoms with Crippen LogP contribution in [0.5, 0.6) is 0 Å². The molecule has 0 aliphatic carbocycles. The molecule has 2 rings (SSSR count). The number of rotatable bonds is 7. The van der Waals surface area contributed by atoms with E-state index in [4.69, 9.17) is 4.74 Å². The molecule has 0 radical (unpaired) electrons. The van der Waals surface area contributed by atoms with Gasteiger partial charge in [0.1, 0.15) is 0 Å². The van der Waals surface area contributed by atoms with Gasteiger partial charge in [-0.1, -0.05) is 32.0 Å². The Balaban J connectivity index is 0.00000288. The summed E-state index contributed by atoms with van der Waals surface area (Å²) in [7, 11) is -1.84. The van der Waals surface area contributed by atoms with E-state index in [2.05, 4.69) is 10.0 Å². The van der Waals surface area contributed by atoms with E-state index in [1.807, 2.05) is 26.0 Å². The van der Waals surface area contributed by atoms with Gasteiger partial charge in [0.05, 0.1) is 11.5 Å². The summed E-state index contributed by atoms with van der Waals surface area (Å²) >= 11 is 0. The van der Waals surface area contributed by atoms with E-state index >= 15 is 0 Å². The second kappa shape index (κ2) is 9.15. The van der Waals surface area contributed by atoms with Crippen LogP contribution >= 0.6 is 12.4 Å². The van der Waals surface area contributed by atoms with Crippen LogP contribution in [-0.2, 0) is 14.8 Å². The second-order valence-electron chi connectivity index (χ2n) is 6.70. The Kier molecular flexibility index (Phi) is 8.15. The van der Waals surface area contributed by atoms with Crippen molar-refractivity contribution in [3.05, 3.63) is 29.8 Å². The van der Waals surface area contributed by atoms with E-state index < -0.39 is 10.0 Å². The van der Waals surface area contributed by atoms with Gasteiger partial charge >= 0.3 is 0 Å². The van der Waals surface area contributed by atoms with Crippen molar-refractivity contribution >= 4 is 22.4 Å². The van der Waals surface area contributed by atoms with Crippen molar-refractivity contribution in [1.29, 1.82) is 0 Å². The van der Waals surface area contributed by atoms with Gasteiger partial charge < -0.3 is 10.1 Å². The molecule has 1 aliphatic rings. The average Bonchev–Trinajstić information content (AvgIpc) is 2.54. The zero-order valence-electron chi connectivity index (χ0n) is 14.7. The van der Waals surface area contributed by atoms with Crippen molar-refractivity contribution in [3.8, 4) is 0 Å². The number of methoxy groups -OCH3 is 1. The van der Waals surface area contributed by atoms with Crippen LogP contribution in [0.15, 0.2) is 29.2 Å². The number of ether oxygens (including phenoxy) is 1. The Morgan fingerprint density at radius 2 is 1.88 bits per heavy atom. The Morgan fingerprint density at radius 3 is 2.46 bits per heavy atom. The van der Waals surface area contributed by atoms with Crippen molar-refractivity contribution in [3.63, 3.8) is 0 Å². The normalized spacial score (nSPS) is 17.5. The lowest BCUT2D eigenvalue weighted by Crippen LogP contribution is -2.47. The molecule has 0 aromatic heterocycles. The van der Waals surface area contributed by atoms with E-state index in [-0.39, 0.29) is 23.7 Å². The quantitative estimate of drug-likeness (QED) is 0.767. The van der Waals surface area contributed by atoms with Crippen LogP contribution < -0.4 is 10.0 Å². The smallest absolute Gasteiger partial charge is 0.240 e. The van der Waals surface area contributed by atoms with Crippen LogP contribution in [-0.4, -0.2) is 41.8 Å². The summed E-state index contributed by atoms with van der Waals surface area (Å²) < 4.78 is 33.7. The van der Waals surface area contributed by atoms with Gasteiger partial charge in [0, 0.05) is 19.1 Å². The molecule has 24 heavy (non-hydrogen) atoms. The molecule has 0 atom stereocenters. The molecule has 2 N–H and O–H groups in total. The maximum absolute atomic E-state index is 12.8. The number of sulfonamides is 1. The van der Waals surface area contributed by atoms with Crippen LogP contribution in [0, 0.1) is 5.41 Å². The lowest BCUT2D eigenvalue weighted by atomic mass is 9.80. The van der Waals surface area contributed by atoms with Crippen molar-refractivity contribution in [2.45, 2.75) is 37.5 Å². The Labute approximate surface area is 152 Å². The summed E-state index contributed by atoms with van der Waals surface area (Å²) in [5, 5.41) is 3.32. The van der Waals surface area contributed by atoms with Gasteiger partial charge in [-0.05, 0) is 43.5 Å². The van der Waals surface area contributed by atoms with E-state index in [1.165, 1.54) is 0 Å². The molecular formula is C17H29ClN2O3S. The molecule has 138 valence electrons. The molecule has 5 nitrogen and oxygen atoms in total. The van der Waals surface area contributed by atoms with Crippen LogP contribution in [0.1, 0.15) is 38.2 Å². The first-order chi connectivity index (χ1) is 10.9. The third-order valence-electron chi connectivity index (χ3n) is 4.58. The SMILES string of the molecule is COCC1(CNS(=O)(=O)c2ccccc2C(C)C)CCNCC1.Cl. The van der Waals surface area contributed by atoms with Crippen molar-refractivity contribution < 1.29 is 13.2 Å². The summed E-state index contributed by atoms with van der Waals surface area (Å²) in [6.45, 7) is 6.79. The molecule has 1 aliphatic heterocycles. The van der Waals surface area contributed by atoms with Crippen molar-refractivity contribution in [2.24, 2.45) is 5.41 Å². The third kappa shape index (κ3) is 5.17. The average molecular weight is 377 g/mol. The van der Waals surface area contributed by atoms with E-state index in [0.29, 0.717) is 18.0 Å². The Morgan fingerprint density at radius 1 is 1.25 bits per heavy atom. The first-order valence-corrected chi connectivity index (χ1v) is 9.67. The summed E-state index contributed by atoms with van der Waals surface area (Å²) in [6.07, 6.45) is 1.82. The number of halogens is 1. The topological polar surface area (TPSA) is 67.4 Å². The highest BCUT2D eigenvalue weighted by atomic mass is 35.5. The predicted octanol–water partition coefficient (Wildman–Crippen LogP) is 2.53. The largest absolute Gasteiger partial charge is 0.384 e. The lowest BCUT2D eigenvalue weighted by molar-refractivity contribution is 0.0577. The highest BCUT2D eigenvalue weighted by Crippen LogP contribution is 2.29. The molecule has 7 heteroatoms. The molecule has 0 unspecified atom stereocenters. The predicted molar refractivity (Wildman–Crippen MR) is 99.4 cm³/mol. The van der Waals surface area contributed by atoms with E-state index in [1.54, 1.807) is 19.2 Å². The van der Waals surface area contributed by atoms with Crippen LogP contribution in [0.3, 0.4) is 0 Å². The minimum absolute atomic E-state index is 0. The molecular weight excluding hydrogens is 348 g/mol. The summed E-state index contributed by atoms with van der Waals surface area (Å²) in [6, 6.07) is 7.22. The number of benzene rings is 1. The van der Waals surface area contributed by atoms with Gasteiger partial charge in [0.15, 0.2) is 0 Å². The number of hydrogen-bond donors (Lipinski definition) is 2. The fraction of sp³-hybridized carbons (Fsp3) is 0.647. The van der Waals surface area contributed by atoms with Crippen LogP contribution in [0.4, 0.5) is 0 Å². The van der Waals surface area contributed by atoms with E-state index in [9.17, 15) is 8.42 Å². The Bertz CT molecular complexity index is 609. The number of piperidine rings is 1. The summed E-state index contributed by atoms with van der Waals surface area (Å²) in [5.74, 6) is 0.162. The monoisotopic (exact) mass is 376 g/mol. The molecule has 1 saturated heterocycles. The molecule has 1 heterocycles. The zero-order chi connectivity index (χ0) is 16.9. The Hall–Kier alpha value is -0.660. The number of hydrogen-bond acceptors (Lipinski definition) is 4. The molecule has 0 amide bonds. The molecule has 0 spiro atoms.